The van der Waals surface area contributed by atoms with Crippen molar-refractivity contribution < 1.29 is 18.0 Å². The van der Waals surface area contributed by atoms with Crippen LogP contribution in [-0.2, 0) is 0 Å². The molecule has 28 heavy (non-hydrogen) atoms. The molecular formula is C20H21ClF3N3O. The number of anilines is 1. The quantitative estimate of drug-likeness (QED) is 0.679. The number of benzene rings is 1. The number of urea groups is 1. The molecule has 2 amide bonds. The van der Waals surface area contributed by atoms with Crippen LogP contribution in [0.1, 0.15) is 50.0 Å². The molecule has 0 radical (unpaired) electrons. The Hall–Kier alpha value is -1.94. The van der Waals surface area contributed by atoms with Gasteiger partial charge in [0.05, 0.1) is 17.9 Å². The van der Waals surface area contributed by atoms with E-state index < -0.39 is 12.1 Å². The maximum atomic E-state index is 13.1. The van der Waals surface area contributed by atoms with Crippen LogP contribution in [0, 0.1) is 23.2 Å². The third-order valence-electron chi connectivity index (χ3n) is 6.52. The highest BCUT2D eigenvalue weighted by atomic mass is 35.5. The topological polar surface area (TPSA) is 56.1 Å². The zero-order valence-corrected chi connectivity index (χ0v) is 15.9. The third kappa shape index (κ3) is 3.43. The molecule has 3 aliphatic rings. The van der Waals surface area contributed by atoms with Crippen molar-refractivity contribution in [1.29, 1.82) is 5.26 Å². The molecule has 2 aliphatic heterocycles. The lowest BCUT2D eigenvalue weighted by atomic mass is 9.71. The van der Waals surface area contributed by atoms with E-state index in [1.807, 2.05) is 0 Å². The monoisotopic (exact) mass is 411 g/mol. The van der Waals surface area contributed by atoms with Gasteiger partial charge in [-0.25, -0.2) is 4.79 Å². The van der Waals surface area contributed by atoms with Gasteiger partial charge in [-0.1, -0.05) is 11.6 Å². The lowest BCUT2D eigenvalue weighted by Gasteiger charge is -2.39. The first-order chi connectivity index (χ1) is 13.3. The second kappa shape index (κ2) is 7.14. The van der Waals surface area contributed by atoms with Crippen LogP contribution >= 0.6 is 11.6 Å². The third-order valence-corrected chi connectivity index (χ3v) is 6.86. The summed E-state index contributed by atoms with van der Waals surface area (Å²) in [6, 6.07) is 6.36. The molecule has 1 aromatic rings. The van der Waals surface area contributed by atoms with Crippen LogP contribution in [-0.4, -0.2) is 29.2 Å². The van der Waals surface area contributed by atoms with E-state index in [4.69, 9.17) is 11.6 Å². The molecule has 0 aromatic heterocycles. The largest absolute Gasteiger partial charge is 0.391 e. The van der Waals surface area contributed by atoms with Crippen molar-refractivity contribution in [2.45, 2.75) is 62.7 Å². The van der Waals surface area contributed by atoms with Crippen LogP contribution in [0.3, 0.4) is 0 Å². The Balaban J connectivity index is 1.47. The summed E-state index contributed by atoms with van der Waals surface area (Å²) in [4.78, 5) is 14.4. The minimum Gasteiger partial charge on any atom is -0.319 e. The van der Waals surface area contributed by atoms with Gasteiger partial charge in [-0.2, -0.15) is 18.4 Å². The van der Waals surface area contributed by atoms with E-state index in [-0.39, 0.29) is 42.8 Å². The van der Waals surface area contributed by atoms with Gasteiger partial charge < -0.3 is 10.2 Å². The maximum absolute atomic E-state index is 13.1. The van der Waals surface area contributed by atoms with E-state index in [0.29, 0.717) is 23.6 Å². The molecule has 2 heterocycles. The summed E-state index contributed by atoms with van der Waals surface area (Å²) in [5, 5.41) is 12.6. The number of nitrogens with zero attached hydrogens (tertiary/aromatic N) is 2. The van der Waals surface area contributed by atoms with Gasteiger partial charge in [0.15, 0.2) is 0 Å². The number of nitriles is 1. The zero-order chi connectivity index (χ0) is 20.1. The van der Waals surface area contributed by atoms with Crippen molar-refractivity contribution in [2.75, 3.05) is 5.32 Å². The SMILES string of the molecule is N#C[C@H]1CC[C@H]1c1cc(NC(=O)N2C3CCC2CC(C(F)(F)F)C3)ccc1Cl. The number of hydrogen-bond acceptors (Lipinski definition) is 2. The number of alkyl halides is 3. The van der Waals surface area contributed by atoms with Crippen molar-refractivity contribution in [3.05, 3.63) is 28.8 Å². The number of nitrogens with one attached hydrogen (secondary N) is 1. The summed E-state index contributed by atoms with van der Waals surface area (Å²) in [6.45, 7) is 0. The minimum absolute atomic E-state index is 0.0226. The molecule has 8 heteroatoms. The fourth-order valence-corrected chi connectivity index (χ4v) is 5.15. The van der Waals surface area contributed by atoms with Crippen molar-refractivity contribution in [2.24, 2.45) is 11.8 Å². The standard InChI is InChI=1S/C20H21ClF3N3O/c21-18-6-2-13(9-17(18)16-5-1-11(16)10-25)26-19(28)27-14-3-4-15(27)8-12(7-14)20(22,23)24/h2,6,9,11-12,14-16H,1,3-5,7-8H2,(H,26,28)/t11-,12?,14?,15?,16-/m1/s1. The lowest BCUT2D eigenvalue weighted by Crippen LogP contribution is -2.50. The Labute approximate surface area is 166 Å². The van der Waals surface area contributed by atoms with Gasteiger partial charge in [0.2, 0.25) is 0 Å². The van der Waals surface area contributed by atoms with Crippen LogP contribution in [0.2, 0.25) is 5.02 Å². The number of rotatable bonds is 2. The van der Waals surface area contributed by atoms with Crippen LogP contribution in [0.15, 0.2) is 18.2 Å². The van der Waals surface area contributed by atoms with Gasteiger partial charge in [-0.3, -0.25) is 0 Å². The van der Waals surface area contributed by atoms with Gasteiger partial charge >= 0.3 is 12.2 Å². The maximum Gasteiger partial charge on any atom is 0.391 e. The second-order valence-electron chi connectivity index (χ2n) is 8.09. The number of piperidine rings is 1. The second-order valence-corrected chi connectivity index (χ2v) is 8.50. The molecule has 3 fully saturated rings. The summed E-state index contributed by atoms with van der Waals surface area (Å²) in [5.74, 6) is -1.33. The first kappa shape index (κ1) is 19.4. The summed E-state index contributed by atoms with van der Waals surface area (Å²) in [7, 11) is 0. The first-order valence-corrected chi connectivity index (χ1v) is 10.0. The molecule has 4 nitrogen and oxygen atoms in total. The van der Waals surface area contributed by atoms with Crippen LogP contribution in [0.5, 0.6) is 0 Å². The summed E-state index contributed by atoms with van der Waals surface area (Å²) >= 11 is 6.29. The van der Waals surface area contributed by atoms with Crippen molar-refractivity contribution in [1.82, 2.24) is 4.90 Å². The van der Waals surface area contributed by atoms with Gasteiger partial charge in [0, 0.05) is 28.7 Å². The molecule has 1 aromatic carbocycles. The lowest BCUT2D eigenvalue weighted by molar-refractivity contribution is -0.188. The molecular weight excluding hydrogens is 391 g/mol. The Morgan fingerprint density at radius 1 is 1.18 bits per heavy atom. The van der Waals surface area contributed by atoms with E-state index in [1.165, 1.54) is 0 Å². The molecule has 0 spiro atoms. The van der Waals surface area contributed by atoms with E-state index in [9.17, 15) is 23.2 Å². The van der Waals surface area contributed by atoms with Gasteiger partial charge in [-0.15, -0.1) is 0 Å². The molecule has 2 bridgehead atoms. The molecule has 2 saturated heterocycles. The fraction of sp³-hybridized carbons (Fsp3) is 0.600. The summed E-state index contributed by atoms with van der Waals surface area (Å²) in [6.07, 6.45) is -1.30. The average molecular weight is 412 g/mol. The zero-order valence-electron chi connectivity index (χ0n) is 15.2. The normalized spacial score (nSPS) is 31.8. The predicted octanol–water partition coefficient (Wildman–Crippen LogP) is 5.69. The van der Waals surface area contributed by atoms with Crippen molar-refractivity contribution >= 4 is 23.3 Å². The Morgan fingerprint density at radius 3 is 2.39 bits per heavy atom. The highest BCUT2D eigenvalue weighted by molar-refractivity contribution is 6.31. The highest BCUT2D eigenvalue weighted by Crippen LogP contribution is 2.46. The van der Waals surface area contributed by atoms with E-state index in [1.54, 1.807) is 23.1 Å². The predicted molar refractivity (Wildman–Crippen MR) is 99.0 cm³/mol. The fourth-order valence-electron chi connectivity index (χ4n) is 4.90. The number of carbonyl (C=O) groups is 1. The van der Waals surface area contributed by atoms with E-state index in [0.717, 1.165) is 18.4 Å². The molecule has 150 valence electrons. The Bertz CT molecular complexity index is 808. The minimum atomic E-state index is -4.20. The molecule has 2 unspecified atom stereocenters. The van der Waals surface area contributed by atoms with E-state index >= 15 is 0 Å². The molecule has 1 N–H and O–H groups in total. The highest BCUT2D eigenvalue weighted by Gasteiger charge is 2.51. The molecule has 1 saturated carbocycles. The van der Waals surface area contributed by atoms with Crippen LogP contribution in [0.4, 0.5) is 23.7 Å². The van der Waals surface area contributed by atoms with Gasteiger partial charge in [-0.05, 0) is 62.3 Å². The first-order valence-electron chi connectivity index (χ1n) is 9.63. The molecule has 4 rings (SSSR count). The van der Waals surface area contributed by atoms with Crippen molar-refractivity contribution in [3.63, 3.8) is 0 Å². The number of halogens is 4. The van der Waals surface area contributed by atoms with Crippen LogP contribution in [0.25, 0.3) is 0 Å². The Kier molecular flexibility index (Phi) is 4.95. The summed E-state index contributed by atoms with van der Waals surface area (Å²) < 4.78 is 39.3. The number of carbonyl (C=O) groups excluding carboxylic acids is 1. The number of hydrogen-bond donors (Lipinski definition) is 1. The van der Waals surface area contributed by atoms with Crippen LogP contribution < -0.4 is 5.32 Å². The molecule has 1 aliphatic carbocycles. The smallest absolute Gasteiger partial charge is 0.319 e. The van der Waals surface area contributed by atoms with Gasteiger partial charge in [0.1, 0.15) is 0 Å². The van der Waals surface area contributed by atoms with E-state index in [2.05, 4.69) is 11.4 Å². The number of amides is 2. The number of fused-ring (bicyclic) bond motifs is 2. The van der Waals surface area contributed by atoms with Crippen molar-refractivity contribution in [3.8, 4) is 6.07 Å². The molecule has 4 atom stereocenters. The Morgan fingerprint density at radius 2 is 1.86 bits per heavy atom. The van der Waals surface area contributed by atoms with Gasteiger partial charge in [0.25, 0.3) is 0 Å². The average Bonchev–Trinajstić information content (AvgIpc) is 2.86. The summed E-state index contributed by atoms with van der Waals surface area (Å²) in [5.41, 5.74) is 1.40.